The minimum atomic E-state index is -0.401. The van der Waals surface area contributed by atoms with Gasteiger partial charge in [-0.1, -0.05) is 30.3 Å². The van der Waals surface area contributed by atoms with E-state index in [1.54, 1.807) is 66.9 Å². The van der Waals surface area contributed by atoms with Crippen molar-refractivity contribution < 1.29 is 13.6 Å². The predicted molar refractivity (Wildman–Crippen MR) is 99.5 cm³/mol. The summed E-state index contributed by atoms with van der Waals surface area (Å²) >= 11 is 0. The third kappa shape index (κ3) is 3.46. The third-order valence-electron chi connectivity index (χ3n) is 3.95. The highest BCUT2D eigenvalue weighted by Crippen LogP contribution is 2.29. The molecule has 2 aromatic carbocycles. The van der Waals surface area contributed by atoms with Crippen LogP contribution in [0, 0.1) is 5.82 Å². The Bertz CT molecular complexity index is 1090. The van der Waals surface area contributed by atoms with E-state index in [-0.39, 0.29) is 11.8 Å². The van der Waals surface area contributed by atoms with Crippen molar-refractivity contribution in [2.75, 3.05) is 5.32 Å². The lowest BCUT2D eigenvalue weighted by Gasteiger charge is -2.07. The van der Waals surface area contributed by atoms with Crippen LogP contribution in [0.25, 0.3) is 22.8 Å². The zero-order chi connectivity index (χ0) is 18.6. The number of oxazole rings is 1. The van der Waals surface area contributed by atoms with Gasteiger partial charge in [0.25, 0.3) is 5.91 Å². The average molecular weight is 359 g/mol. The lowest BCUT2D eigenvalue weighted by atomic mass is 10.1. The Kier molecular flexibility index (Phi) is 4.45. The molecule has 0 aliphatic carbocycles. The van der Waals surface area contributed by atoms with E-state index in [1.165, 1.54) is 12.3 Å². The molecule has 1 N–H and O–H groups in total. The Labute approximate surface area is 154 Å². The van der Waals surface area contributed by atoms with Crippen LogP contribution >= 0.6 is 0 Å². The van der Waals surface area contributed by atoms with Gasteiger partial charge >= 0.3 is 0 Å². The zero-order valence-electron chi connectivity index (χ0n) is 14.1. The number of aromatic nitrogens is 2. The quantitative estimate of drug-likeness (QED) is 0.568. The fourth-order valence-electron chi connectivity index (χ4n) is 2.67. The molecule has 0 saturated carbocycles. The Morgan fingerprint density at radius 2 is 1.63 bits per heavy atom. The van der Waals surface area contributed by atoms with Crippen LogP contribution in [0.1, 0.15) is 10.4 Å². The van der Waals surface area contributed by atoms with Gasteiger partial charge in [0.15, 0.2) is 5.76 Å². The van der Waals surface area contributed by atoms with Crippen LogP contribution in [0.2, 0.25) is 0 Å². The number of hydrogen-bond donors (Lipinski definition) is 1. The fourth-order valence-corrected chi connectivity index (χ4v) is 2.67. The number of carbonyl (C=O) groups excluding carboxylic acids is 1. The Morgan fingerprint density at radius 1 is 0.889 bits per heavy atom. The molecule has 27 heavy (non-hydrogen) atoms. The van der Waals surface area contributed by atoms with Crippen molar-refractivity contribution in [1.82, 2.24) is 9.97 Å². The second-order valence-electron chi connectivity index (χ2n) is 5.72. The average Bonchev–Trinajstić information content (AvgIpc) is 3.19. The van der Waals surface area contributed by atoms with Crippen LogP contribution in [-0.2, 0) is 0 Å². The molecule has 0 unspecified atom stereocenters. The molecule has 0 fully saturated rings. The first-order chi connectivity index (χ1) is 13.2. The van der Waals surface area contributed by atoms with Crippen molar-refractivity contribution in [1.29, 1.82) is 0 Å². The van der Waals surface area contributed by atoms with Crippen molar-refractivity contribution >= 4 is 11.7 Å². The highest BCUT2D eigenvalue weighted by Gasteiger charge is 2.18. The van der Waals surface area contributed by atoms with Gasteiger partial charge in [-0.2, -0.15) is 0 Å². The summed E-state index contributed by atoms with van der Waals surface area (Å²) in [6.07, 6.45) is 3.04. The molecule has 0 aliphatic heterocycles. The third-order valence-corrected chi connectivity index (χ3v) is 3.95. The summed E-state index contributed by atoms with van der Waals surface area (Å²) < 4.78 is 19.7. The molecule has 1 amide bonds. The Hall–Kier alpha value is -3.80. The summed E-state index contributed by atoms with van der Waals surface area (Å²) in [6.45, 7) is 0. The summed E-state index contributed by atoms with van der Waals surface area (Å²) in [5.41, 5.74) is 1.20. The Morgan fingerprint density at radius 3 is 2.41 bits per heavy atom. The van der Waals surface area contributed by atoms with E-state index < -0.39 is 5.82 Å². The standard InChI is InChI=1S/C21H14FN3O2/c22-17-10-4-3-9-16(17)18-13-24-21(27-18)15-8-2-1-7-14(15)20(26)25-19-11-5-6-12-23-19/h1-13H,(H,23,25,26). The highest BCUT2D eigenvalue weighted by atomic mass is 19.1. The number of pyridine rings is 1. The first-order valence-electron chi connectivity index (χ1n) is 8.25. The minimum absolute atomic E-state index is 0.236. The number of anilines is 1. The monoisotopic (exact) mass is 359 g/mol. The molecule has 0 radical (unpaired) electrons. The Balaban J connectivity index is 1.68. The van der Waals surface area contributed by atoms with E-state index in [9.17, 15) is 9.18 Å². The van der Waals surface area contributed by atoms with E-state index in [0.717, 1.165) is 0 Å². The summed E-state index contributed by atoms with van der Waals surface area (Å²) in [5, 5.41) is 2.74. The zero-order valence-corrected chi connectivity index (χ0v) is 14.1. The number of halogens is 1. The van der Waals surface area contributed by atoms with Crippen LogP contribution < -0.4 is 5.32 Å². The number of rotatable bonds is 4. The van der Waals surface area contributed by atoms with Crippen LogP contribution in [0.4, 0.5) is 10.2 Å². The van der Waals surface area contributed by atoms with Crippen LogP contribution in [0.3, 0.4) is 0 Å². The van der Waals surface area contributed by atoms with E-state index in [4.69, 9.17) is 4.42 Å². The lowest BCUT2D eigenvalue weighted by Crippen LogP contribution is -2.13. The van der Waals surface area contributed by atoms with Gasteiger partial charge in [0.1, 0.15) is 11.6 Å². The van der Waals surface area contributed by atoms with Gasteiger partial charge in [-0.3, -0.25) is 4.79 Å². The van der Waals surface area contributed by atoms with Crippen molar-refractivity contribution in [3.8, 4) is 22.8 Å². The van der Waals surface area contributed by atoms with E-state index in [1.807, 2.05) is 0 Å². The van der Waals surface area contributed by atoms with E-state index in [0.29, 0.717) is 28.3 Å². The maximum Gasteiger partial charge on any atom is 0.257 e. The molecular weight excluding hydrogens is 345 g/mol. The lowest BCUT2D eigenvalue weighted by molar-refractivity contribution is 0.102. The highest BCUT2D eigenvalue weighted by molar-refractivity contribution is 6.07. The molecule has 6 heteroatoms. The van der Waals surface area contributed by atoms with Gasteiger partial charge in [-0.05, 0) is 36.4 Å². The molecule has 0 aliphatic rings. The molecule has 0 bridgehead atoms. The molecule has 5 nitrogen and oxygen atoms in total. The molecule has 2 aromatic heterocycles. The minimum Gasteiger partial charge on any atom is -0.436 e. The summed E-state index contributed by atoms with van der Waals surface area (Å²) in [4.78, 5) is 21.0. The first kappa shape index (κ1) is 16.7. The number of benzene rings is 2. The van der Waals surface area contributed by atoms with Crippen molar-refractivity contribution in [2.45, 2.75) is 0 Å². The van der Waals surface area contributed by atoms with Gasteiger partial charge < -0.3 is 9.73 Å². The van der Waals surface area contributed by atoms with Crippen molar-refractivity contribution in [3.63, 3.8) is 0 Å². The number of nitrogens with zero attached hydrogens (tertiary/aromatic N) is 2. The largest absolute Gasteiger partial charge is 0.436 e. The van der Waals surface area contributed by atoms with Gasteiger partial charge in [0, 0.05) is 11.8 Å². The number of nitrogens with one attached hydrogen (secondary N) is 1. The predicted octanol–water partition coefficient (Wildman–Crippen LogP) is 4.80. The van der Waals surface area contributed by atoms with Crippen LogP contribution in [-0.4, -0.2) is 15.9 Å². The number of carbonyl (C=O) groups is 1. The second kappa shape index (κ2) is 7.21. The second-order valence-corrected chi connectivity index (χ2v) is 5.72. The summed E-state index contributed by atoms with van der Waals surface area (Å²) in [5.74, 6) is 0.233. The fraction of sp³-hybridized carbons (Fsp3) is 0. The van der Waals surface area contributed by atoms with Crippen molar-refractivity contribution in [3.05, 3.63) is 90.5 Å². The summed E-state index contributed by atoms with van der Waals surface area (Å²) in [7, 11) is 0. The SMILES string of the molecule is O=C(Nc1ccccn1)c1ccccc1-c1ncc(-c2ccccc2F)o1. The van der Waals surface area contributed by atoms with Gasteiger partial charge in [0.05, 0.1) is 17.3 Å². The molecule has 2 heterocycles. The van der Waals surface area contributed by atoms with Gasteiger partial charge in [0.2, 0.25) is 5.89 Å². The van der Waals surface area contributed by atoms with E-state index >= 15 is 0 Å². The topological polar surface area (TPSA) is 68.0 Å². The summed E-state index contributed by atoms with van der Waals surface area (Å²) in [6, 6.07) is 18.4. The molecule has 132 valence electrons. The van der Waals surface area contributed by atoms with Crippen LogP contribution in [0.5, 0.6) is 0 Å². The normalized spacial score (nSPS) is 10.6. The molecule has 4 rings (SSSR count). The maximum absolute atomic E-state index is 14.0. The number of amides is 1. The van der Waals surface area contributed by atoms with Gasteiger partial charge in [-0.15, -0.1) is 0 Å². The molecular formula is C21H14FN3O2. The van der Waals surface area contributed by atoms with E-state index in [2.05, 4.69) is 15.3 Å². The first-order valence-corrected chi connectivity index (χ1v) is 8.25. The number of hydrogen-bond acceptors (Lipinski definition) is 4. The molecule has 0 atom stereocenters. The maximum atomic E-state index is 14.0. The molecule has 0 spiro atoms. The molecule has 4 aromatic rings. The molecule has 0 saturated heterocycles. The smallest absolute Gasteiger partial charge is 0.257 e. The van der Waals surface area contributed by atoms with Crippen LogP contribution in [0.15, 0.2) is 83.5 Å². The van der Waals surface area contributed by atoms with Crippen molar-refractivity contribution in [2.24, 2.45) is 0 Å². The van der Waals surface area contributed by atoms with Gasteiger partial charge in [-0.25, -0.2) is 14.4 Å².